The number of benzene rings is 1. The Hall–Kier alpha value is -2.21. The van der Waals surface area contributed by atoms with Crippen LogP contribution in [0, 0.1) is 6.92 Å². The Morgan fingerprint density at radius 2 is 1.52 bits per heavy atom. The predicted molar refractivity (Wildman–Crippen MR) is 100 cm³/mol. The van der Waals surface area contributed by atoms with Crippen LogP contribution in [0.15, 0.2) is 24.3 Å². The van der Waals surface area contributed by atoms with Gasteiger partial charge in [0.15, 0.2) is 0 Å². The Morgan fingerprint density at radius 1 is 0.880 bits per heavy atom. The fraction of sp³-hybridized carbons (Fsp3) is 0.444. The highest BCUT2D eigenvalue weighted by Crippen LogP contribution is 2.29. The van der Waals surface area contributed by atoms with Crippen molar-refractivity contribution in [2.24, 2.45) is 0 Å². The normalized spacial score (nSPS) is 15.0. The van der Waals surface area contributed by atoms with E-state index in [-0.39, 0.29) is 0 Å². The van der Waals surface area contributed by atoms with Crippen LogP contribution >= 0.6 is 11.6 Å². The number of aromatic nitrogens is 2. The molecule has 1 aliphatic rings. The highest BCUT2D eigenvalue weighted by Gasteiger charge is 2.18. The number of nitrogens with zero attached hydrogens (tertiary/aromatic N) is 4. The molecule has 7 heteroatoms. The van der Waals surface area contributed by atoms with Crippen LogP contribution in [0.2, 0.25) is 5.15 Å². The van der Waals surface area contributed by atoms with Gasteiger partial charge in [0.25, 0.3) is 0 Å². The number of anilines is 2. The number of ether oxygens (including phenoxy) is 2. The summed E-state index contributed by atoms with van der Waals surface area (Å²) in [4.78, 5) is 13.3. The largest absolute Gasteiger partial charge is 0.497 e. The van der Waals surface area contributed by atoms with Crippen molar-refractivity contribution >= 4 is 23.1 Å². The summed E-state index contributed by atoms with van der Waals surface area (Å²) in [5.74, 6) is 3.19. The van der Waals surface area contributed by atoms with Crippen molar-refractivity contribution in [2.75, 3.05) is 50.2 Å². The molecule has 3 rings (SSSR count). The number of aryl methyl sites for hydroxylation is 1. The lowest BCUT2D eigenvalue weighted by Gasteiger charge is -2.25. The number of hydrogen-bond donors (Lipinski definition) is 0. The van der Waals surface area contributed by atoms with Crippen LogP contribution in [0.1, 0.15) is 12.2 Å². The summed E-state index contributed by atoms with van der Waals surface area (Å²) in [6.07, 6.45) is 1.03. The van der Waals surface area contributed by atoms with E-state index in [0.29, 0.717) is 11.0 Å². The maximum absolute atomic E-state index is 6.09. The van der Waals surface area contributed by atoms with Gasteiger partial charge in [-0.1, -0.05) is 11.6 Å². The lowest BCUT2D eigenvalue weighted by Crippen LogP contribution is -2.31. The molecule has 1 aromatic carbocycles. The van der Waals surface area contributed by atoms with Crippen LogP contribution in [0.4, 0.5) is 11.5 Å². The molecule has 0 amide bonds. The number of hydrogen-bond acceptors (Lipinski definition) is 6. The van der Waals surface area contributed by atoms with E-state index in [4.69, 9.17) is 21.1 Å². The molecule has 0 N–H and O–H groups in total. The molecule has 1 fully saturated rings. The topological polar surface area (TPSA) is 50.7 Å². The summed E-state index contributed by atoms with van der Waals surface area (Å²) in [7, 11) is 3.34. The van der Waals surface area contributed by atoms with Gasteiger partial charge in [0.1, 0.15) is 28.3 Å². The van der Waals surface area contributed by atoms with Crippen LogP contribution < -0.4 is 19.3 Å². The molecule has 0 radical (unpaired) electrons. The molecule has 0 spiro atoms. The zero-order valence-electron chi connectivity index (χ0n) is 14.8. The van der Waals surface area contributed by atoms with Crippen molar-refractivity contribution in [1.82, 2.24) is 9.97 Å². The SMILES string of the molecule is COc1cc(OC)cc(N2CCCN(c3cc(Cl)nc(C)n3)CC2)c1. The second kappa shape index (κ2) is 7.78. The highest BCUT2D eigenvalue weighted by molar-refractivity contribution is 6.29. The molecule has 0 atom stereocenters. The molecule has 0 bridgehead atoms. The minimum atomic E-state index is 0.487. The average Bonchev–Trinajstić information content (AvgIpc) is 2.86. The van der Waals surface area contributed by atoms with E-state index in [1.165, 1.54) is 0 Å². The van der Waals surface area contributed by atoms with Gasteiger partial charge in [0.2, 0.25) is 0 Å². The van der Waals surface area contributed by atoms with Crippen LogP contribution in [0.3, 0.4) is 0 Å². The van der Waals surface area contributed by atoms with Crippen LogP contribution in [-0.2, 0) is 0 Å². The Morgan fingerprint density at radius 3 is 2.16 bits per heavy atom. The summed E-state index contributed by atoms with van der Waals surface area (Å²) in [6.45, 7) is 5.51. The molecule has 1 aromatic heterocycles. The van der Waals surface area contributed by atoms with E-state index in [0.717, 1.165) is 55.6 Å². The zero-order chi connectivity index (χ0) is 17.8. The van der Waals surface area contributed by atoms with Gasteiger partial charge in [0.05, 0.1) is 14.2 Å². The van der Waals surface area contributed by atoms with Gasteiger partial charge in [-0.05, 0) is 13.3 Å². The fourth-order valence-corrected chi connectivity index (χ4v) is 3.28. The standard InChI is InChI=1S/C18H23ClN4O2/c1-13-20-17(19)12-18(21-13)23-6-4-5-22(7-8-23)14-9-15(24-2)11-16(10-14)25-3/h9-12H,4-8H2,1-3H3. The number of rotatable bonds is 4. The van der Waals surface area contributed by atoms with Crippen LogP contribution in [-0.4, -0.2) is 50.4 Å². The molecule has 0 saturated carbocycles. The quantitative estimate of drug-likeness (QED) is 0.779. The van der Waals surface area contributed by atoms with Crippen molar-refractivity contribution in [3.63, 3.8) is 0 Å². The first-order valence-electron chi connectivity index (χ1n) is 8.33. The summed E-state index contributed by atoms with van der Waals surface area (Å²) in [5.41, 5.74) is 1.11. The molecule has 1 aliphatic heterocycles. The van der Waals surface area contributed by atoms with E-state index in [2.05, 4.69) is 19.8 Å². The Bertz CT molecular complexity index is 699. The molecule has 1 saturated heterocycles. The van der Waals surface area contributed by atoms with E-state index in [1.807, 2.05) is 31.2 Å². The summed E-state index contributed by atoms with van der Waals surface area (Å²) >= 11 is 6.09. The maximum Gasteiger partial charge on any atom is 0.134 e. The third kappa shape index (κ3) is 4.25. The monoisotopic (exact) mass is 362 g/mol. The predicted octanol–water partition coefficient (Wildman–Crippen LogP) is 3.17. The third-order valence-electron chi connectivity index (χ3n) is 4.31. The van der Waals surface area contributed by atoms with E-state index in [1.54, 1.807) is 14.2 Å². The molecule has 25 heavy (non-hydrogen) atoms. The second-order valence-corrected chi connectivity index (χ2v) is 6.38. The smallest absolute Gasteiger partial charge is 0.134 e. The molecule has 2 aromatic rings. The second-order valence-electron chi connectivity index (χ2n) is 5.99. The van der Waals surface area contributed by atoms with Crippen molar-refractivity contribution < 1.29 is 9.47 Å². The molecule has 0 unspecified atom stereocenters. The van der Waals surface area contributed by atoms with Gasteiger partial charge in [-0.3, -0.25) is 0 Å². The van der Waals surface area contributed by atoms with Crippen molar-refractivity contribution in [3.8, 4) is 11.5 Å². The molecular weight excluding hydrogens is 340 g/mol. The van der Waals surface area contributed by atoms with E-state index < -0.39 is 0 Å². The summed E-state index contributed by atoms with van der Waals surface area (Å²) < 4.78 is 10.8. The highest BCUT2D eigenvalue weighted by atomic mass is 35.5. The Balaban J connectivity index is 1.77. The van der Waals surface area contributed by atoms with Crippen molar-refractivity contribution in [2.45, 2.75) is 13.3 Å². The van der Waals surface area contributed by atoms with Crippen molar-refractivity contribution in [3.05, 3.63) is 35.2 Å². The molecule has 6 nitrogen and oxygen atoms in total. The van der Waals surface area contributed by atoms with Crippen LogP contribution in [0.5, 0.6) is 11.5 Å². The maximum atomic E-state index is 6.09. The van der Waals surface area contributed by atoms with Gasteiger partial charge in [-0.2, -0.15) is 0 Å². The summed E-state index contributed by atoms with van der Waals surface area (Å²) in [5, 5.41) is 0.487. The van der Waals surface area contributed by atoms with Gasteiger partial charge in [-0.25, -0.2) is 9.97 Å². The van der Waals surface area contributed by atoms with Gasteiger partial charge >= 0.3 is 0 Å². The minimum Gasteiger partial charge on any atom is -0.497 e. The molecular formula is C18H23ClN4O2. The first-order valence-corrected chi connectivity index (χ1v) is 8.71. The van der Waals surface area contributed by atoms with Gasteiger partial charge < -0.3 is 19.3 Å². The lowest BCUT2D eigenvalue weighted by atomic mass is 10.2. The Labute approximate surface area is 153 Å². The first kappa shape index (κ1) is 17.6. The van der Waals surface area contributed by atoms with Crippen molar-refractivity contribution in [1.29, 1.82) is 0 Å². The first-order chi connectivity index (χ1) is 12.1. The van der Waals surface area contributed by atoms with Gasteiger partial charge in [0, 0.05) is 56.1 Å². The van der Waals surface area contributed by atoms with Crippen LogP contribution in [0.25, 0.3) is 0 Å². The molecule has 134 valence electrons. The average molecular weight is 363 g/mol. The third-order valence-corrected chi connectivity index (χ3v) is 4.51. The van der Waals surface area contributed by atoms with E-state index >= 15 is 0 Å². The van der Waals surface area contributed by atoms with E-state index in [9.17, 15) is 0 Å². The summed E-state index contributed by atoms with van der Waals surface area (Å²) in [6, 6.07) is 7.81. The molecule has 2 heterocycles. The van der Waals surface area contributed by atoms with Gasteiger partial charge in [-0.15, -0.1) is 0 Å². The molecule has 0 aliphatic carbocycles. The Kier molecular flexibility index (Phi) is 5.48. The number of halogens is 1. The number of methoxy groups -OCH3 is 2. The lowest BCUT2D eigenvalue weighted by molar-refractivity contribution is 0.394. The minimum absolute atomic E-state index is 0.487. The fourth-order valence-electron chi connectivity index (χ4n) is 3.06. The zero-order valence-corrected chi connectivity index (χ0v) is 15.6.